The quantitative estimate of drug-likeness (QED) is 0.418. The molecule has 2 atom stereocenters. The van der Waals surface area contributed by atoms with Crippen molar-refractivity contribution in [2.75, 3.05) is 0 Å². The zero-order valence-electron chi connectivity index (χ0n) is 18.0. The first-order valence-electron chi connectivity index (χ1n) is 11.1. The molecule has 0 radical (unpaired) electrons. The molecule has 5 rings (SSSR count). The molecule has 0 amide bonds. The lowest BCUT2D eigenvalue weighted by atomic mass is 9.90. The Morgan fingerprint density at radius 3 is 2.64 bits per heavy atom. The minimum Gasteiger partial charge on any atom is -0.317 e. The van der Waals surface area contributed by atoms with Gasteiger partial charge in [-0.3, -0.25) is 4.98 Å². The summed E-state index contributed by atoms with van der Waals surface area (Å²) in [6.45, 7) is 0.370. The maximum Gasteiger partial charge on any atom is 0.416 e. The molecule has 0 saturated heterocycles. The minimum absolute atomic E-state index is 0.225. The van der Waals surface area contributed by atoms with Gasteiger partial charge in [0.15, 0.2) is 0 Å². The van der Waals surface area contributed by atoms with Crippen LogP contribution in [0.25, 0.3) is 22.0 Å². The molecule has 0 bridgehead atoms. The fourth-order valence-electron chi connectivity index (χ4n) is 4.73. The van der Waals surface area contributed by atoms with Gasteiger partial charge in [-0.05, 0) is 61.1 Å². The van der Waals surface area contributed by atoms with E-state index in [1.165, 1.54) is 12.1 Å². The number of nitrogens with zero attached hydrogens (tertiary/aromatic N) is 4. The monoisotopic (exact) mass is 451 g/mol. The van der Waals surface area contributed by atoms with Crippen LogP contribution in [0.5, 0.6) is 0 Å². The summed E-state index contributed by atoms with van der Waals surface area (Å²) in [4.78, 5) is 4.42. The van der Waals surface area contributed by atoms with E-state index in [4.69, 9.17) is 0 Å². The number of rotatable bonds is 5. The van der Waals surface area contributed by atoms with Crippen molar-refractivity contribution in [3.8, 4) is 11.1 Å². The second kappa shape index (κ2) is 8.94. The molecular weight excluding hydrogens is 427 g/mol. The van der Waals surface area contributed by atoms with E-state index >= 15 is 0 Å². The third-order valence-electron chi connectivity index (χ3n) is 6.36. The molecule has 1 aliphatic rings. The lowest BCUT2D eigenvalue weighted by molar-refractivity contribution is -0.137. The number of benzene rings is 2. The summed E-state index contributed by atoms with van der Waals surface area (Å²) in [5, 5.41) is 12.2. The highest BCUT2D eigenvalue weighted by Crippen LogP contribution is 2.35. The number of hydrogen-bond donors (Lipinski definition) is 1. The van der Waals surface area contributed by atoms with Crippen LogP contribution >= 0.6 is 0 Å². The standard InChI is InChI=1S/C25H24F3N5/c26-25(27,28)20-11-17(14-30-21-6-2-7-22(13-21)33-15-31-32-16-33)10-19(12-20)23-8-1-4-18-5-3-9-29-24(18)23/h1,3-5,8-12,15-16,21-22,30H,2,6-7,13-14H2/t21-,22+/m0/s1. The largest absolute Gasteiger partial charge is 0.416 e. The van der Waals surface area contributed by atoms with E-state index in [-0.39, 0.29) is 6.04 Å². The molecule has 1 aliphatic carbocycles. The van der Waals surface area contributed by atoms with E-state index in [1.54, 1.807) is 18.9 Å². The van der Waals surface area contributed by atoms with Gasteiger partial charge in [-0.2, -0.15) is 13.2 Å². The molecule has 5 nitrogen and oxygen atoms in total. The predicted octanol–water partition coefficient (Wildman–Crippen LogP) is 5.79. The van der Waals surface area contributed by atoms with Crippen LogP contribution in [-0.2, 0) is 12.7 Å². The molecule has 2 heterocycles. The summed E-state index contributed by atoms with van der Waals surface area (Å²) in [6, 6.07) is 14.2. The van der Waals surface area contributed by atoms with Crippen LogP contribution < -0.4 is 5.32 Å². The van der Waals surface area contributed by atoms with Crippen molar-refractivity contribution in [2.45, 2.75) is 50.5 Å². The summed E-state index contributed by atoms with van der Waals surface area (Å²) in [5.74, 6) is 0. The Morgan fingerprint density at radius 2 is 1.82 bits per heavy atom. The second-order valence-electron chi connectivity index (χ2n) is 8.60. The molecule has 170 valence electrons. The van der Waals surface area contributed by atoms with Crippen LogP contribution in [0.3, 0.4) is 0 Å². The first-order valence-corrected chi connectivity index (χ1v) is 11.1. The van der Waals surface area contributed by atoms with Gasteiger partial charge in [0.2, 0.25) is 0 Å². The summed E-state index contributed by atoms with van der Waals surface area (Å²) < 4.78 is 43.2. The highest BCUT2D eigenvalue weighted by Gasteiger charge is 2.31. The van der Waals surface area contributed by atoms with E-state index in [0.717, 1.165) is 31.1 Å². The number of alkyl halides is 3. The zero-order chi connectivity index (χ0) is 22.8. The third kappa shape index (κ3) is 4.75. The van der Waals surface area contributed by atoms with Crippen LogP contribution in [0.2, 0.25) is 0 Å². The highest BCUT2D eigenvalue weighted by molar-refractivity contribution is 5.93. The Morgan fingerprint density at radius 1 is 1.00 bits per heavy atom. The average Bonchev–Trinajstić information content (AvgIpc) is 3.37. The molecule has 33 heavy (non-hydrogen) atoms. The number of halogens is 3. The van der Waals surface area contributed by atoms with Gasteiger partial charge < -0.3 is 9.88 Å². The zero-order valence-corrected chi connectivity index (χ0v) is 18.0. The summed E-state index contributed by atoms with van der Waals surface area (Å²) >= 11 is 0. The second-order valence-corrected chi connectivity index (χ2v) is 8.60. The fraction of sp³-hybridized carbons (Fsp3) is 0.320. The topological polar surface area (TPSA) is 55.6 Å². The molecule has 0 aliphatic heterocycles. The van der Waals surface area contributed by atoms with Gasteiger partial charge in [-0.25, -0.2) is 0 Å². The average molecular weight is 451 g/mol. The fourth-order valence-corrected chi connectivity index (χ4v) is 4.73. The Balaban J connectivity index is 1.42. The van der Waals surface area contributed by atoms with E-state index in [9.17, 15) is 13.2 Å². The van der Waals surface area contributed by atoms with Crippen molar-refractivity contribution in [3.63, 3.8) is 0 Å². The van der Waals surface area contributed by atoms with Crippen molar-refractivity contribution in [1.29, 1.82) is 0 Å². The summed E-state index contributed by atoms with van der Waals surface area (Å²) in [6.07, 6.45) is 4.70. The van der Waals surface area contributed by atoms with Gasteiger partial charge in [0, 0.05) is 35.8 Å². The van der Waals surface area contributed by atoms with Crippen molar-refractivity contribution in [3.05, 3.63) is 78.5 Å². The van der Waals surface area contributed by atoms with Crippen LogP contribution in [0, 0.1) is 0 Å². The number of pyridine rings is 1. The predicted molar refractivity (Wildman–Crippen MR) is 120 cm³/mol. The molecule has 2 aromatic carbocycles. The van der Waals surface area contributed by atoms with Gasteiger partial charge in [0.25, 0.3) is 0 Å². The van der Waals surface area contributed by atoms with Gasteiger partial charge >= 0.3 is 6.18 Å². The van der Waals surface area contributed by atoms with Crippen molar-refractivity contribution in [1.82, 2.24) is 25.1 Å². The molecule has 1 N–H and O–H groups in total. The minimum atomic E-state index is -4.42. The lowest BCUT2D eigenvalue weighted by Gasteiger charge is -2.30. The Labute approximate surface area is 189 Å². The molecule has 1 fully saturated rings. The highest BCUT2D eigenvalue weighted by atomic mass is 19.4. The van der Waals surface area contributed by atoms with Gasteiger partial charge in [0.1, 0.15) is 12.7 Å². The number of para-hydroxylation sites is 1. The molecule has 8 heteroatoms. The van der Waals surface area contributed by atoms with Gasteiger partial charge in [-0.1, -0.05) is 24.3 Å². The number of fused-ring (bicyclic) bond motifs is 1. The SMILES string of the molecule is FC(F)(F)c1cc(CN[C@H]2CCC[C@@H](n3cnnc3)C2)cc(-c2cccc3cccnc23)c1. The summed E-state index contributed by atoms with van der Waals surface area (Å²) in [5.41, 5.74) is 1.89. The molecule has 4 aromatic rings. The Bertz CT molecular complexity index is 1230. The van der Waals surface area contributed by atoms with E-state index < -0.39 is 11.7 Å². The number of aromatic nitrogens is 4. The maximum atomic E-state index is 13.7. The molecule has 1 saturated carbocycles. The molecule has 2 aromatic heterocycles. The van der Waals surface area contributed by atoms with Crippen molar-refractivity contribution >= 4 is 10.9 Å². The smallest absolute Gasteiger partial charge is 0.317 e. The van der Waals surface area contributed by atoms with Crippen molar-refractivity contribution in [2.24, 2.45) is 0 Å². The number of hydrogen-bond acceptors (Lipinski definition) is 4. The van der Waals surface area contributed by atoms with E-state index in [1.807, 2.05) is 41.0 Å². The first kappa shape index (κ1) is 21.6. The Hall–Kier alpha value is -3.26. The van der Waals surface area contributed by atoms with Crippen LogP contribution in [0.15, 0.2) is 67.4 Å². The third-order valence-corrected chi connectivity index (χ3v) is 6.36. The molecular formula is C25H24F3N5. The van der Waals surface area contributed by atoms with Gasteiger partial charge in [0.05, 0.1) is 11.1 Å². The Kier molecular flexibility index (Phi) is 5.85. The van der Waals surface area contributed by atoms with Crippen LogP contribution in [-0.4, -0.2) is 25.8 Å². The first-order chi connectivity index (χ1) is 16.0. The van der Waals surface area contributed by atoms with Crippen molar-refractivity contribution < 1.29 is 13.2 Å². The van der Waals surface area contributed by atoms with E-state index in [0.29, 0.717) is 34.8 Å². The van der Waals surface area contributed by atoms with Crippen LogP contribution in [0.1, 0.15) is 42.9 Å². The molecule has 0 spiro atoms. The summed E-state index contributed by atoms with van der Waals surface area (Å²) in [7, 11) is 0. The molecule has 0 unspecified atom stereocenters. The normalized spacial score (nSPS) is 19.1. The lowest BCUT2D eigenvalue weighted by Crippen LogP contribution is -2.34. The van der Waals surface area contributed by atoms with Crippen LogP contribution in [0.4, 0.5) is 13.2 Å². The van der Waals surface area contributed by atoms with Gasteiger partial charge in [-0.15, -0.1) is 10.2 Å². The maximum absolute atomic E-state index is 13.7. The number of nitrogens with one attached hydrogen (secondary N) is 1. The van der Waals surface area contributed by atoms with E-state index in [2.05, 4.69) is 20.5 Å².